The van der Waals surface area contributed by atoms with Gasteiger partial charge in [-0.15, -0.1) is 0 Å². The maximum atomic E-state index is 11.9. The van der Waals surface area contributed by atoms with E-state index in [9.17, 15) is 4.79 Å². The molecule has 2 fully saturated rings. The molecule has 0 bridgehead atoms. The lowest BCUT2D eigenvalue weighted by Gasteiger charge is -2.37. The van der Waals surface area contributed by atoms with E-state index in [1.165, 1.54) is 11.1 Å². The fraction of sp³-hybridized carbons (Fsp3) is 0.500. The number of rotatable bonds is 5. The quantitative estimate of drug-likeness (QED) is 0.828. The molecular weight excluding hydrogens is 328 g/mol. The molecule has 1 aromatic carbocycles. The number of carbonyl (C=O) groups is 1. The highest BCUT2D eigenvalue weighted by atomic mass is 16.6. The predicted molar refractivity (Wildman–Crippen MR) is 98.7 cm³/mol. The fourth-order valence-corrected chi connectivity index (χ4v) is 3.90. The Bertz CT molecular complexity index is 734. The molecule has 1 amide bonds. The lowest BCUT2D eigenvalue weighted by molar-refractivity contribution is -0.00123. The third-order valence-corrected chi connectivity index (χ3v) is 5.52. The minimum atomic E-state index is -0.253. The number of likely N-dealkylation sites (tertiary alicyclic amines) is 1. The molecule has 2 aliphatic rings. The molecule has 2 aliphatic heterocycles. The van der Waals surface area contributed by atoms with Gasteiger partial charge in [-0.25, -0.2) is 4.79 Å². The van der Waals surface area contributed by atoms with E-state index >= 15 is 0 Å². The van der Waals surface area contributed by atoms with Gasteiger partial charge in [0.1, 0.15) is 5.60 Å². The first kappa shape index (κ1) is 17.1. The molecule has 4 rings (SSSR count). The van der Waals surface area contributed by atoms with Crippen molar-refractivity contribution in [3.63, 3.8) is 0 Å². The highest BCUT2D eigenvalue weighted by Gasteiger charge is 2.46. The van der Waals surface area contributed by atoms with Gasteiger partial charge in [0.25, 0.3) is 0 Å². The smallest absolute Gasteiger partial charge is 0.410 e. The van der Waals surface area contributed by atoms with Crippen LogP contribution in [0.1, 0.15) is 30.9 Å². The monoisotopic (exact) mass is 354 g/mol. The van der Waals surface area contributed by atoms with Gasteiger partial charge in [0.05, 0.1) is 13.1 Å². The van der Waals surface area contributed by atoms with E-state index in [2.05, 4.69) is 34.3 Å². The van der Waals surface area contributed by atoms with Gasteiger partial charge in [-0.1, -0.05) is 24.3 Å². The van der Waals surface area contributed by atoms with E-state index in [4.69, 9.17) is 4.74 Å². The largest absolute Gasteiger partial charge is 0.441 e. The van der Waals surface area contributed by atoms with E-state index in [0.717, 1.165) is 52.1 Å². The van der Waals surface area contributed by atoms with Gasteiger partial charge >= 0.3 is 6.09 Å². The summed E-state index contributed by atoms with van der Waals surface area (Å²) in [6.45, 7) is 7.18. The van der Waals surface area contributed by atoms with E-state index in [-0.39, 0.29) is 11.7 Å². The van der Waals surface area contributed by atoms with E-state index < -0.39 is 0 Å². The van der Waals surface area contributed by atoms with Crippen molar-refractivity contribution < 1.29 is 9.53 Å². The average molecular weight is 354 g/mol. The van der Waals surface area contributed by atoms with Crippen LogP contribution in [0.5, 0.6) is 0 Å². The summed E-state index contributed by atoms with van der Waals surface area (Å²) in [5.74, 6) is 0. The Kier molecular flexibility index (Phi) is 4.68. The molecule has 6 heteroatoms. The summed E-state index contributed by atoms with van der Waals surface area (Å²) in [4.78, 5) is 16.1. The predicted octanol–water partition coefficient (Wildman–Crippen LogP) is 2.74. The van der Waals surface area contributed by atoms with Crippen LogP contribution in [0.15, 0.2) is 42.7 Å². The number of aromatic nitrogens is 2. The number of benzene rings is 1. The molecule has 2 aromatic rings. The summed E-state index contributed by atoms with van der Waals surface area (Å²) >= 11 is 0. The van der Waals surface area contributed by atoms with Crippen LogP contribution in [0.3, 0.4) is 0 Å². The molecule has 6 nitrogen and oxygen atoms in total. The maximum Gasteiger partial charge on any atom is 0.410 e. The van der Waals surface area contributed by atoms with Crippen molar-refractivity contribution in [2.45, 2.75) is 38.5 Å². The van der Waals surface area contributed by atoms with Crippen LogP contribution in [0.2, 0.25) is 0 Å². The van der Waals surface area contributed by atoms with Gasteiger partial charge in [0, 0.05) is 51.4 Å². The highest BCUT2D eigenvalue weighted by Crippen LogP contribution is 2.33. The molecule has 0 saturated carbocycles. The van der Waals surface area contributed by atoms with Crippen molar-refractivity contribution in [3.8, 4) is 0 Å². The zero-order valence-corrected chi connectivity index (χ0v) is 15.3. The second-order valence-electron chi connectivity index (χ2n) is 7.36. The zero-order valence-electron chi connectivity index (χ0n) is 15.3. The second-order valence-corrected chi connectivity index (χ2v) is 7.36. The van der Waals surface area contributed by atoms with Crippen LogP contribution in [0.25, 0.3) is 0 Å². The molecule has 0 aliphatic carbocycles. The Morgan fingerprint density at radius 3 is 2.38 bits per heavy atom. The highest BCUT2D eigenvalue weighted by molar-refractivity contribution is 5.70. The Morgan fingerprint density at radius 2 is 1.81 bits per heavy atom. The minimum absolute atomic E-state index is 0.145. The molecule has 0 N–H and O–H groups in total. The number of piperidine rings is 1. The van der Waals surface area contributed by atoms with Crippen LogP contribution < -0.4 is 0 Å². The van der Waals surface area contributed by atoms with Crippen molar-refractivity contribution >= 4 is 6.09 Å². The number of hydrogen-bond acceptors (Lipinski definition) is 4. The van der Waals surface area contributed by atoms with Gasteiger partial charge in [-0.2, -0.15) is 5.10 Å². The lowest BCUT2D eigenvalue weighted by atomic mass is 9.91. The normalized spacial score (nSPS) is 19.9. The average Bonchev–Trinajstić information content (AvgIpc) is 3.27. The Balaban J connectivity index is 1.30. The van der Waals surface area contributed by atoms with Gasteiger partial charge in [-0.05, 0) is 24.1 Å². The summed E-state index contributed by atoms with van der Waals surface area (Å²) in [6, 6.07) is 10.7. The van der Waals surface area contributed by atoms with Crippen molar-refractivity contribution in [1.82, 2.24) is 19.6 Å². The SMILES string of the molecule is CCN1CC2(CCN(Cc3ccc(Cn4cccn4)cc3)CC2)OC1=O. The van der Waals surface area contributed by atoms with E-state index in [1.807, 2.05) is 28.8 Å². The topological polar surface area (TPSA) is 50.6 Å². The van der Waals surface area contributed by atoms with E-state index in [0.29, 0.717) is 0 Å². The first-order chi connectivity index (χ1) is 12.7. The molecule has 138 valence electrons. The first-order valence-corrected chi connectivity index (χ1v) is 9.41. The van der Waals surface area contributed by atoms with Crippen molar-refractivity contribution in [2.75, 3.05) is 26.2 Å². The minimum Gasteiger partial charge on any atom is -0.441 e. The fourth-order valence-electron chi connectivity index (χ4n) is 3.90. The van der Waals surface area contributed by atoms with Crippen LogP contribution in [0, 0.1) is 0 Å². The molecule has 0 radical (unpaired) electrons. The van der Waals surface area contributed by atoms with Gasteiger partial charge in [-0.3, -0.25) is 9.58 Å². The van der Waals surface area contributed by atoms with Crippen LogP contribution in [-0.2, 0) is 17.8 Å². The molecular formula is C20H26N4O2. The number of ether oxygens (including phenoxy) is 1. The summed E-state index contributed by atoms with van der Waals surface area (Å²) in [7, 11) is 0. The van der Waals surface area contributed by atoms with Gasteiger partial charge in [0.2, 0.25) is 0 Å². The van der Waals surface area contributed by atoms with Crippen molar-refractivity contribution in [3.05, 3.63) is 53.9 Å². The number of carbonyl (C=O) groups excluding carboxylic acids is 1. The third kappa shape index (κ3) is 3.60. The van der Waals surface area contributed by atoms with Crippen LogP contribution in [-0.4, -0.2) is 57.5 Å². The molecule has 26 heavy (non-hydrogen) atoms. The first-order valence-electron chi connectivity index (χ1n) is 9.41. The van der Waals surface area contributed by atoms with E-state index in [1.54, 1.807) is 6.20 Å². The number of likely N-dealkylation sites (N-methyl/N-ethyl adjacent to an activating group) is 1. The molecule has 1 aromatic heterocycles. The third-order valence-electron chi connectivity index (χ3n) is 5.52. The molecule has 2 saturated heterocycles. The zero-order chi connectivity index (χ0) is 18.0. The Morgan fingerprint density at radius 1 is 1.12 bits per heavy atom. The molecule has 0 atom stereocenters. The van der Waals surface area contributed by atoms with Crippen molar-refractivity contribution in [2.24, 2.45) is 0 Å². The van der Waals surface area contributed by atoms with Crippen LogP contribution >= 0.6 is 0 Å². The number of hydrogen-bond donors (Lipinski definition) is 0. The Labute approximate surface area is 154 Å². The molecule has 1 spiro atoms. The summed E-state index contributed by atoms with van der Waals surface area (Å²) in [5.41, 5.74) is 2.33. The lowest BCUT2D eigenvalue weighted by Crippen LogP contribution is -2.46. The summed E-state index contributed by atoms with van der Waals surface area (Å²) in [6.07, 6.45) is 5.49. The van der Waals surface area contributed by atoms with Crippen LogP contribution in [0.4, 0.5) is 4.79 Å². The second kappa shape index (κ2) is 7.11. The summed E-state index contributed by atoms with van der Waals surface area (Å²) < 4.78 is 7.64. The molecule has 0 unspecified atom stereocenters. The van der Waals surface area contributed by atoms with Gasteiger partial charge < -0.3 is 9.64 Å². The standard InChI is InChI=1S/C20H26N4O2/c1-2-23-16-20(26-19(23)25)8-12-22(13-9-20)14-17-4-6-18(7-5-17)15-24-11-3-10-21-24/h3-7,10-11H,2,8-9,12-16H2,1H3. The maximum absolute atomic E-state index is 11.9. The number of amides is 1. The number of nitrogens with zero attached hydrogens (tertiary/aromatic N) is 4. The molecule has 3 heterocycles. The van der Waals surface area contributed by atoms with Crippen molar-refractivity contribution in [1.29, 1.82) is 0 Å². The Hall–Kier alpha value is -2.34. The van der Waals surface area contributed by atoms with Gasteiger partial charge in [0.15, 0.2) is 0 Å². The summed E-state index contributed by atoms with van der Waals surface area (Å²) in [5, 5.41) is 4.25.